The monoisotopic (exact) mass is 315 g/mol. The van der Waals surface area contributed by atoms with Gasteiger partial charge in [-0.25, -0.2) is 9.97 Å². The van der Waals surface area contributed by atoms with Crippen molar-refractivity contribution in [2.75, 3.05) is 18.0 Å². The molecule has 1 saturated heterocycles. The number of anilines is 1. The first-order chi connectivity index (χ1) is 10.3. The van der Waals surface area contributed by atoms with Crippen molar-refractivity contribution < 1.29 is 23.1 Å². The zero-order chi connectivity index (χ0) is 15.9. The molecule has 0 atom stereocenters. The molecule has 0 spiro atoms. The second-order valence-corrected chi connectivity index (χ2v) is 5.84. The predicted octanol–water partition coefficient (Wildman–Crippen LogP) is 2.67. The lowest BCUT2D eigenvalue weighted by molar-refractivity contribution is -0.142. The minimum absolute atomic E-state index is 0.0256. The standard InChI is InChI=1S/C14H16F3N3O2/c15-14(16,17)10-7-11(19-12(18-10)8-1-2-8)20-5-3-9(4-6-20)13(21)22/h7-9H,1-6H2,(H,21,22). The van der Waals surface area contributed by atoms with Crippen LogP contribution in [0.15, 0.2) is 6.07 Å². The lowest BCUT2D eigenvalue weighted by Gasteiger charge is -2.31. The molecule has 2 heterocycles. The Morgan fingerprint density at radius 3 is 2.32 bits per heavy atom. The molecule has 1 aliphatic heterocycles. The van der Waals surface area contributed by atoms with Crippen LogP contribution in [0.1, 0.15) is 43.1 Å². The number of alkyl halides is 3. The maximum absolute atomic E-state index is 13.0. The molecule has 3 rings (SSSR count). The molecule has 1 aliphatic carbocycles. The summed E-state index contributed by atoms with van der Waals surface area (Å²) in [5.41, 5.74) is -0.917. The molecule has 22 heavy (non-hydrogen) atoms. The molecule has 0 radical (unpaired) electrons. The maximum Gasteiger partial charge on any atom is 0.433 e. The SMILES string of the molecule is O=C(O)C1CCN(c2cc(C(F)(F)F)nc(C3CC3)n2)CC1. The summed E-state index contributed by atoms with van der Waals surface area (Å²) in [5.74, 6) is -0.740. The van der Waals surface area contributed by atoms with Gasteiger partial charge in [-0.15, -0.1) is 0 Å². The number of rotatable bonds is 3. The molecule has 2 fully saturated rings. The number of piperidine rings is 1. The molecule has 1 saturated carbocycles. The molecule has 8 heteroatoms. The maximum atomic E-state index is 13.0. The Morgan fingerprint density at radius 1 is 1.18 bits per heavy atom. The first-order valence-corrected chi connectivity index (χ1v) is 7.28. The number of aromatic nitrogens is 2. The number of carbonyl (C=O) groups is 1. The summed E-state index contributed by atoms with van der Waals surface area (Å²) in [7, 11) is 0. The van der Waals surface area contributed by atoms with Crippen molar-refractivity contribution >= 4 is 11.8 Å². The van der Waals surface area contributed by atoms with Crippen LogP contribution in [0, 0.1) is 5.92 Å². The van der Waals surface area contributed by atoms with Gasteiger partial charge >= 0.3 is 12.1 Å². The summed E-state index contributed by atoms with van der Waals surface area (Å²) in [5, 5.41) is 8.98. The van der Waals surface area contributed by atoms with Crippen molar-refractivity contribution in [2.24, 2.45) is 5.92 Å². The highest BCUT2D eigenvalue weighted by Crippen LogP contribution is 2.40. The van der Waals surface area contributed by atoms with Gasteiger partial charge in [0.1, 0.15) is 17.3 Å². The van der Waals surface area contributed by atoms with Gasteiger partial charge in [-0.2, -0.15) is 13.2 Å². The van der Waals surface area contributed by atoms with E-state index in [0.29, 0.717) is 25.9 Å². The van der Waals surface area contributed by atoms with Crippen molar-refractivity contribution in [1.82, 2.24) is 9.97 Å². The first kappa shape index (κ1) is 15.1. The topological polar surface area (TPSA) is 66.3 Å². The van der Waals surface area contributed by atoms with Crippen LogP contribution in [-0.2, 0) is 11.0 Å². The van der Waals surface area contributed by atoms with Crippen LogP contribution in [0.5, 0.6) is 0 Å². The Bertz CT molecular complexity index is 579. The second-order valence-electron chi connectivity index (χ2n) is 5.84. The van der Waals surface area contributed by atoms with Gasteiger partial charge in [0.25, 0.3) is 0 Å². The van der Waals surface area contributed by atoms with Crippen molar-refractivity contribution in [1.29, 1.82) is 0 Å². The van der Waals surface area contributed by atoms with Crippen molar-refractivity contribution in [3.05, 3.63) is 17.6 Å². The van der Waals surface area contributed by atoms with Crippen LogP contribution in [0.3, 0.4) is 0 Å². The third-order valence-corrected chi connectivity index (χ3v) is 4.13. The zero-order valence-electron chi connectivity index (χ0n) is 11.8. The van der Waals surface area contributed by atoms with Gasteiger partial charge in [0.15, 0.2) is 0 Å². The minimum Gasteiger partial charge on any atom is -0.481 e. The highest BCUT2D eigenvalue weighted by molar-refractivity contribution is 5.70. The molecule has 2 aliphatic rings. The van der Waals surface area contributed by atoms with Crippen LogP contribution in [0.25, 0.3) is 0 Å². The molecule has 0 bridgehead atoms. The van der Waals surface area contributed by atoms with Gasteiger partial charge in [-0.05, 0) is 25.7 Å². The third kappa shape index (κ3) is 3.15. The van der Waals surface area contributed by atoms with Crippen LogP contribution in [0.4, 0.5) is 19.0 Å². The van der Waals surface area contributed by atoms with Gasteiger partial charge in [-0.3, -0.25) is 4.79 Å². The molecule has 1 aromatic heterocycles. The molecule has 5 nitrogen and oxygen atoms in total. The minimum atomic E-state index is -4.50. The fraction of sp³-hybridized carbons (Fsp3) is 0.643. The smallest absolute Gasteiger partial charge is 0.433 e. The molecule has 0 aromatic carbocycles. The highest BCUT2D eigenvalue weighted by Gasteiger charge is 2.37. The normalized spacial score (nSPS) is 20.2. The van der Waals surface area contributed by atoms with E-state index < -0.39 is 23.8 Å². The average molecular weight is 315 g/mol. The Balaban J connectivity index is 1.84. The molecule has 0 amide bonds. The van der Waals surface area contributed by atoms with Gasteiger partial charge < -0.3 is 10.0 Å². The van der Waals surface area contributed by atoms with E-state index >= 15 is 0 Å². The van der Waals surface area contributed by atoms with Gasteiger partial charge in [0, 0.05) is 25.1 Å². The number of aliphatic carboxylic acids is 1. The molecule has 1 aromatic rings. The van der Waals surface area contributed by atoms with Crippen LogP contribution >= 0.6 is 0 Å². The summed E-state index contributed by atoms with van der Waals surface area (Å²) in [6, 6.07) is 0.965. The average Bonchev–Trinajstić information content (AvgIpc) is 3.30. The summed E-state index contributed by atoms with van der Waals surface area (Å²) < 4.78 is 38.9. The summed E-state index contributed by atoms with van der Waals surface area (Å²) in [6.07, 6.45) is -2.02. The van der Waals surface area contributed by atoms with E-state index in [1.165, 1.54) is 0 Å². The number of hydrogen-bond acceptors (Lipinski definition) is 4. The highest BCUT2D eigenvalue weighted by atomic mass is 19.4. The summed E-state index contributed by atoms with van der Waals surface area (Å²) in [4.78, 5) is 20.6. The van der Waals surface area contributed by atoms with E-state index in [9.17, 15) is 18.0 Å². The quantitative estimate of drug-likeness (QED) is 0.929. The van der Waals surface area contributed by atoms with E-state index in [4.69, 9.17) is 5.11 Å². The fourth-order valence-electron chi connectivity index (χ4n) is 2.64. The lowest BCUT2D eigenvalue weighted by atomic mass is 9.97. The number of hydrogen-bond donors (Lipinski definition) is 1. The molecular formula is C14H16F3N3O2. The van der Waals surface area contributed by atoms with Gasteiger partial charge in [-0.1, -0.05) is 0 Å². The van der Waals surface area contributed by atoms with Crippen molar-refractivity contribution in [2.45, 2.75) is 37.8 Å². The Kier molecular flexibility index (Phi) is 3.70. The summed E-state index contributed by atoms with van der Waals surface area (Å²) in [6.45, 7) is 0.796. The van der Waals surface area contributed by atoms with Crippen LogP contribution in [-0.4, -0.2) is 34.1 Å². The van der Waals surface area contributed by atoms with E-state index in [0.717, 1.165) is 18.9 Å². The van der Waals surface area contributed by atoms with Gasteiger partial charge in [0.05, 0.1) is 5.92 Å². The zero-order valence-corrected chi connectivity index (χ0v) is 11.8. The largest absolute Gasteiger partial charge is 0.481 e. The Hall–Kier alpha value is -1.86. The number of carboxylic acid groups (broad SMARTS) is 1. The van der Waals surface area contributed by atoms with Crippen molar-refractivity contribution in [3.8, 4) is 0 Å². The fourth-order valence-corrected chi connectivity index (χ4v) is 2.64. The molecule has 1 N–H and O–H groups in total. The Morgan fingerprint density at radius 2 is 1.82 bits per heavy atom. The number of halogens is 3. The summed E-state index contributed by atoms with van der Waals surface area (Å²) >= 11 is 0. The van der Waals surface area contributed by atoms with Crippen molar-refractivity contribution in [3.63, 3.8) is 0 Å². The third-order valence-electron chi connectivity index (χ3n) is 4.13. The van der Waals surface area contributed by atoms with E-state index in [2.05, 4.69) is 9.97 Å². The molecular weight excluding hydrogens is 299 g/mol. The molecule has 120 valence electrons. The van der Waals surface area contributed by atoms with E-state index in [-0.39, 0.29) is 17.6 Å². The number of carboxylic acids is 1. The second kappa shape index (κ2) is 5.40. The van der Waals surface area contributed by atoms with Gasteiger partial charge in [0.2, 0.25) is 0 Å². The molecule has 0 unspecified atom stereocenters. The Labute approximate surface area is 125 Å². The lowest BCUT2D eigenvalue weighted by Crippen LogP contribution is -2.37. The predicted molar refractivity (Wildman–Crippen MR) is 71.6 cm³/mol. The number of nitrogens with zero attached hydrogens (tertiary/aromatic N) is 3. The van der Waals surface area contributed by atoms with E-state index in [1.54, 1.807) is 4.90 Å². The van der Waals surface area contributed by atoms with E-state index in [1.807, 2.05) is 0 Å². The van der Waals surface area contributed by atoms with Crippen LogP contribution in [0.2, 0.25) is 0 Å². The van der Waals surface area contributed by atoms with Crippen LogP contribution < -0.4 is 4.90 Å². The first-order valence-electron chi connectivity index (χ1n) is 7.28.